The van der Waals surface area contributed by atoms with Crippen molar-refractivity contribution in [3.63, 3.8) is 0 Å². The number of anilines is 2. The standard InChI is InChI=1S/C25H20ClN3O3/c1-2-32-23-9-4-3-8-22(23)29-25(31)19(16-27)14-17-6-5-7-21(15-17)28-24(30)18-10-12-20(26)13-11-18/h3-15H,2H2,1H3,(H,28,30)(H,29,31)/b19-14+. The minimum atomic E-state index is -0.560. The Morgan fingerprint density at radius 2 is 1.78 bits per heavy atom. The Morgan fingerprint density at radius 3 is 2.50 bits per heavy atom. The summed E-state index contributed by atoms with van der Waals surface area (Å²) in [5.41, 5.74) is 1.96. The van der Waals surface area contributed by atoms with Crippen molar-refractivity contribution in [3.8, 4) is 11.8 Å². The van der Waals surface area contributed by atoms with Gasteiger partial charge in [0.1, 0.15) is 17.4 Å². The fourth-order valence-electron chi connectivity index (χ4n) is 2.87. The monoisotopic (exact) mass is 445 g/mol. The number of halogens is 1. The number of para-hydroxylation sites is 2. The first-order chi connectivity index (χ1) is 15.5. The number of nitrogens with zero attached hydrogens (tertiary/aromatic N) is 1. The van der Waals surface area contributed by atoms with Gasteiger partial charge in [0.15, 0.2) is 0 Å². The summed E-state index contributed by atoms with van der Waals surface area (Å²) in [6.07, 6.45) is 1.45. The zero-order valence-corrected chi connectivity index (χ0v) is 18.0. The molecule has 0 aliphatic carbocycles. The van der Waals surface area contributed by atoms with Gasteiger partial charge in [-0.25, -0.2) is 0 Å². The van der Waals surface area contributed by atoms with Gasteiger partial charge in [0.25, 0.3) is 11.8 Å². The zero-order valence-electron chi connectivity index (χ0n) is 17.3. The third kappa shape index (κ3) is 5.97. The van der Waals surface area contributed by atoms with E-state index in [-0.39, 0.29) is 11.5 Å². The molecule has 3 rings (SSSR count). The molecule has 0 spiro atoms. The number of ether oxygens (including phenoxy) is 1. The van der Waals surface area contributed by atoms with Gasteiger partial charge in [0, 0.05) is 16.3 Å². The highest BCUT2D eigenvalue weighted by atomic mass is 35.5. The maximum absolute atomic E-state index is 12.6. The highest BCUT2D eigenvalue weighted by Gasteiger charge is 2.13. The molecular formula is C25H20ClN3O3. The third-order valence-corrected chi connectivity index (χ3v) is 4.61. The molecule has 0 bridgehead atoms. The first-order valence-electron chi connectivity index (χ1n) is 9.82. The Balaban J connectivity index is 1.76. The van der Waals surface area contributed by atoms with Crippen molar-refractivity contribution in [3.05, 3.63) is 94.5 Å². The summed E-state index contributed by atoms with van der Waals surface area (Å²) in [6, 6.07) is 22.3. The van der Waals surface area contributed by atoms with Gasteiger partial charge in [-0.05, 0) is 67.1 Å². The summed E-state index contributed by atoms with van der Waals surface area (Å²) < 4.78 is 5.50. The second kappa shape index (κ2) is 10.8. The van der Waals surface area contributed by atoms with Crippen LogP contribution >= 0.6 is 11.6 Å². The van der Waals surface area contributed by atoms with Gasteiger partial charge in [-0.15, -0.1) is 0 Å². The van der Waals surface area contributed by atoms with Crippen LogP contribution in [0.5, 0.6) is 5.75 Å². The average molecular weight is 446 g/mol. The molecule has 160 valence electrons. The number of nitrogens with one attached hydrogen (secondary N) is 2. The number of carbonyl (C=O) groups excluding carboxylic acids is 2. The fourth-order valence-corrected chi connectivity index (χ4v) is 2.99. The average Bonchev–Trinajstić information content (AvgIpc) is 2.79. The molecule has 0 aromatic heterocycles. The van der Waals surface area contributed by atoms with E-state index in [0.29, 0.717) is 39.9 Å². The lowest BCUT2D eigenvalue weighted by molar-refractivity contribution is -0.112. The first-order valence-corrected chi connectivity index (χ1v) is 10.2. The largest absolute Gasteiger partial charge is 0.492 e. The van der Waals surface area contributed by atoms with Crippen LogP contribution in [0.4, 0.5) is 11.4 Å². The summed E-state index contributed by atoms with van der Waals surface area (Å²) in [5.74, 6) is -0.337. The van der Waals surface area contributed by atoms with Crippen LogP contribution < -0.4 is 15.4 Å². The Morgan fingerprint density at radius 1 is 1.03 bits per heavy atom. The van der Waals surface area contributed by atoms with Gasteiger partial charge in [-0.3, -0.25) is 9.59 Å². The molecule has 7 heteroatoms. The van der Waals surface area contributed by atoms with Crippen LogP contribution in [-0.4, -0.2) is 18.4 Å². The Kier molecular flexibility index (Phi) is 7.63. The van der Waals surface area contributed by atoms with E-state index in [4.69, 9.17) is 16.3 Å². The first kappa shape index (κ1) is 22.6. The van der Waals surface area contributed by atoms with E-state index in [9.17, 15) is 14.9 Å². The van der Waals surface area contributed by atoms with Crippen molar-refractivity contribution in [1.82, 2.24) is 0 Å². The van der Waals surface area contributed by atoms with Crippen LogP contribution in [0.15, 0.2) is 78.4 Å². The highest BCUT2D eigenvalue weighted by Crippen LogP contribution is 2.24. The van der Waals surface area contributed by atoms with Crippen LogP contribution in [0.2, 0.25) is 5.02 Å². The van der Waals surface area contributed by atoms with Crippen LogP contribution in [0.1, 0.15) is 22.8 Å². The van der Waals surface area contributed by atoms with Crippen molar-refractivity contribution in [1.29, 1.82) is 5.26 Å². The van der Waals surface area contributed by atoms with E-state index >= 15 is 0 Å². The van der Waals surface area contributed by atoms with Crippen LogP contribution in [0.25, 0.3) is 6.08 Å². The molecule has 0 aliphatic heterocycles. The van der Waals surface area contributed by atoms with E-state index in [1.165, 1.54) is 6.08 Å². The third-order valence-electron chi connectivity index (χ3n) is 4.36. The molecule has 3 aromatic carbocycles. The maximum atomic E-state index is 12.6. The predicted octanol–water partition coefficient (Wildman–Crippen LogP) is 5.54. The molecule has 0 radical (unpaired) electrons. The molecule has 0 saturated carbocycles. The van der Waals surface area contributed by atoms with Crippen molar-refractivity contribution < 1.29 is 14.3 Å². The van der Waals surface area contributed by atoms with E-state index < -0.39 is 5.91 Å². The molecule has 32 heavy (non-hydrogen) atoms. The minimum absolute atomic E-state index is 0.0857. The van der Waals surface area contributed by atoms with Gasteiger partial charge in [0.05, 0.1) is 12.3 Å². The molecule has 0 heterocycles. The van der Waals surface area contributed by atoms with E-state index in [1.807, 2.05) is 13.0 Å². The fraction of sp³-hybridized carbons (Fsp3) is 0.0800. The molecule has 6 nitrogen and oxygen atoms in total. The summed E-state index contributed by atoms with van der Waals surface area (Å²) in [6.45, 7) is 2.29. The Labute approximate surface area is 191 Å². The minimum Gasteiger partial charge on any atom is -0.492 e. The quantitative estimate of drug-likeness (QED) is 0.369. The number of rotatable bonds is 7. The van der Waals surface area contributed by atoms with Gasteiger partial charge in [-0.1, -0.05) is 35.9 Å². The molecular weight excluding hydrogens is 426 g/mol. The molecule has 0 atom stereocenters. The molecule has 3 aromatic rings. The normalized spacial score (nSPS) is 10.7. The van der Waals surface area contributed by atoms with Gasteiger partial charge in [-0.2, -0.15) is 5.26 Å². The maximum Gasteiger partial charge on any atom is 0.266 e. The molecule has 0 saturated heterocycles. The zero-order chi connectivity index (χ0) is 22.9. The topological polar surface area (TPSA) is 91.2 Å². The number of hydrogen-bond donors (Lipinski definition) is 2. The molecule has 0 unspecified atom stereocenters. The lowest BCUT2D eigenvalue weighted by Gasteiger charge is -2.11. The molecule has 0 aliphatic rings. The second-order valence-electron chi connectivity index (χ2n) is 6.64. The van der Waals surface area contributed by atoms with Gasteiger partial charge < -0.3 is 15.4 Å². The molecule has 2 amide bonds. The van der Waals surface area contributed by atoms with Crippen molar-refractivity contribution in [2.24, 2.45) is 0 Å². The van der Waals surface area contributed by atoms with Crippen molar-refractivity contribution in [2.75, 3.05) is 17.2 Å². The Bertz CT molecular complexity index is 1200. The van der Waals surface area contributed by atoms with Crippen molar-refractivity contribution in [2.45, 2.75) is 6.92 Å². The van der Waals surface area contributed by atoms with E-state index in [0.717, 1.165) is 0 Å². The van der Waals surface area contributed by atoms with Crippen LogP contribution in [0, 0.1) is 11.3 Å². The lowest BCUT2D eigenvalue weighted by Crippen LogP contribution is -2.14. The number of nitriles is 1. The number of benzene rings is 3. The Hall–Kier alpha value is -4.08. The van der Waals surface area contributed by atoms with Crippen LogP contribution in [-0.2, 0) is 4.79 Å². The number of hydrogen-bond acceptors (Lipinski definition) is 4. The lowest BCUT2D eigenvalue weighted by atomic mass is 10.1. The number of amides is 2. The van der Waals surface area contributed by atoms with Gasteiger partial charge in [0.2, 0.25) is 0 Å². The second-order valence-corrected chi connectivity index (χ2v) is 7.08. The smallest absolute Gasteiger partial charge is 0.266 e. The van der Waals surface area contributed by atoms with Crippen LogP contribution in [0.3, 0.4) is 0 Å². The molecule has 2 N–H and O–H groups in total. The van der Waals surface area contributed by atoms with Gasteiger partial charge >= 0.3 is 0 Å². The van der Waals surface area contributed by atoms with Crippen molar-refractivity contribution >= 4 is 40.9 Å². The predicted molar refractivity (Wildman–Crippen MR) is 126 cm³/mol. The van der Waals surface area contributed by atoms with E-state index in [1.54, 1.807) is 72.8 Å². The summed E-state index contributed by atoms with van der Waals surface area (Å²) >= 11 is 5.86. The molecule has 0 fully saturated rings. The SMILES string of the molecule is CCOc1ccccc1NC(=O)/C(C#N)=C/c1cccc(NC(=O)c2ccc(Cl)cc2)c1. The van der Waals surface area contributed by atoms with E-state index in [2.05, 4.69) is 10.6 Å². The summed E-state index contributed by atoms with van der Waals surface area (Å²) in [4.78, 5) is 25.1. The summed E-state index contributed by atoms with van der Waals surface area (Å²) in [5, 5.41) is 15.5. The highest BCUT2D eigenvalue weighted by molar-refractivity contribution is 6.30. The summed E-state index contributed by atoms with van der Waals surface area (Å²) in [7, 11) is 0. The number of carbonyl (C=O) groups is 2.